The Bertz CT molecular complexity index is 1330. The second kappa shape index (κ2) is 7.45. The average Bonchev–Trinajstić information content (AvgIpc) is 2.72. The summed E-state index contributed by atoms with van der Waals surface area (Å²) in [7, 11) is 0. The lowest BCUT2D eigenvalue weighted by atomic mass is 10.1. The van der Waals surface area contributed by atoms with Crippen molar-refractivity contribution in [3.63, 3.8) is 0 Å². The SMILES string of the molecule is Cc1ccc(O)cc1N=Cc1c(O)n(-c2ccccc2Cl)c(=O)c2ccccc12. The first kappa shape index (κ1) is 18.8. The van der Waals surface area contributed by atoms with Crippen LogP contribution in [-0.4, -0.2) is 21.0 Å². The summed E-state index contributed by atoms with van der Waals surface area (Å²) < 4.78 is 1.18. The number of halogens is 1. The molecule has 0 saturated carbocycles. The van der Waals surface area contributed by atoms with E-state index >= 15 is 0 Å². The molecule has 0 spiro atoms. The molecule has 2 N–H and O–H groups in total. The summed E-state index contributed by atoms with van der Waals surface area (Å²) in [5.41, 5.74) is 1.80. The van der Waals surface area contributed by atoms with Gasteiger partial charge in [0.25, 0.3) is 5.56 Å². The third-order valence-electron chi connectivity index (χ3n) is 4.72. The minimum atomic E-state index is -0.378. The van der Waals surface area contributed by atoms with Crippen LogP contribution in [0.3, 0.4) is 0 Å². The number of phenols is 1. The van der Waals surface area contributed by atoms with Gasteiger partial charge in [-0.25, -0.2) is 4.57 Å². The molecule has 4 rings (SSSR count). The van der Waals surface area contributed by atoms with E-state index in [2.05, 4.69) is 4.99 Å². The minimum absolute atomic E-state index is 0.0952. The number of aliphatic imine (C=N–C) groups is 1. The number of pyridine rings is 1. The maximum Gasteiger partial charge on any atom is 0.265 e. The number of para-hydroxylation sites is 1. The third kappa shape index (κ3) is 3.37. The lowest BCUT2D eigenvalue weighted by Crippen LogP contribution is -2.20. The quantitative estimate of drug-likeness (QED) is 0.466. The van der Waals surface area contributed by atoms with E-state index in [1.54, 1.807) is 60.7 Å². The topological polar surface area (TPSA) is 74.8 Å². The molecule has 4 aromatic rings. The Morgan fingerprint density at radius 2 is 1.66 bits per heavy atom. The first-order valence-corrected chi connectivity index (χ1v) is 9.30. The summed E-state index contributed by atoms with van der Waals surface area (Å²) in [4.78, 5) is 17.5. The molecular formula is C23H17ClN2O3. The predicted octanol–water partition coefficient (Wildman–Crippen LogP) is 5.11. The molecule has 0 unspecified atom stereocenters. The number of hydrogen-bond acceptors (Lipinski definition) is 4. The highest BCUT2D eigenvalue weighted by atomic mass is 35.5. The Balaban J connectivity index is 2.01. The van der Waals surface area contributed by atoms with Crippen LogP contribution >= 0.6 is 11.6 Å². The van der Waals surface area contributed by atoms with Crippen LogP contribution < -0.4 is 5.56 Å². The van der Waals surface area contributed by atoms with E-state index in [-0.39, 0.29) is 17.2 Å². The van der Waals surface area contributed by atoms with Crippen molar-refractivity contribution >= 4 is 34.3 Å². The summed E-state index contributed by atoms with van der Waals surface area (Å²) >= 11 is 6.29. The van der Waals surface area contributed by atoms with Gasteiger partial charge < -0.3 is 10.2 Å². The molecule has 0 atom stereocenters. The van der Waals surface area contributed by atoms with Crippen molar-refractivity contribution in [2.45, 2.75) is 6.92 Å². The molecule has 0 amide bonds. The molecule has 5 nitrogen and oxygen atoms in total. The van der Waals surface area contributed by atoms with Gasteiger partial charge in [0.15, 0.2) is 0 Å². The summed E-state index contributed by atoms with van der Waals surface area (Å²) in [6, 6.07) is 18.7. The minimum Gasteiger partial charge on any atom is -0.508 e. The Kier molecular flexibility index (Phi) is 4.82. The zero-order valence-electron chi connectivity index (χ0n) is 15.5. The van der Waals surface area contributed by atoms with Crippen LogP contribution in [0.2, 0.25) is 5.02 Å². The number of fused-ring (bicyclic) bond motifs is 1. The Labute approximate surface area is 171 Å². The molecule has 0 bridgehead atoms. The summed E-state index contributed by atoms with van der Waals surface area (Å²) in [6.07, 6.45) is 1.49. The van der Waals surface area contributed by atoms with Gasteiger partial charge in [-0.1, -0.05) is 48.0 Å². The zero-order chi connectivity index (χ0) is 20.5. The summed E-state index contributed by atoms with van der Waals surface area (Å²) in [6.45, 7) is 1.87. The maximum atomic E-state index is 13.1. The molecule has 3 aromatic carbocycles. The number of aromatic hydroxyl groups is 2. The number of rotatable bonds is 3. The second-order valence-electron chi connectivity index (χ2n) is 6.60. The fourth-order valence-corrected chi connectivity index (χ4v) is 3.44. The van der Waals surface area contributed by atoms with E-state index in [0.717, 1.165) is 5.56 Å². The average molecular weight is 405 g/mol. The molecule has 0 fully saturated rings. The van der Waals surface area contributed by atoms with Crippen molar-refractivity contribution in [3.8, 4) is 17.3 Å². The van der Waals surface area contributed by atoms with Crippen molar-refractivity contribution in [1.82, 2.24) is 4.57 Å². The third-order valence-corrected chi connectivity index (χ3v) is 5.04. The molecule has 1 aromatic heterocycles. The summed E-state index contributed by atoms with van der Waals surface area (Å²) in [5, 5.41) is 22.1. The van der Waals surface area contributed by atoms with Crippen molar-refractivity contribution in [3.05, 3.63) is 93.2 Å². The number of nitrogens with zero attached hydrogens (tertiary/aromatic N) is 2. The predicted molar refractivity (Wildman–Crippen MR) is 116 cm³/mol. The highest BCUT2D eigenvalue weighted by Gasteiger charge is 2.17. The zero-order valence-corrected chi connectivity index (χ0v) is 16.3. The van der Waals surface area contributed by atoms with Crippen LogP contribution in [0, 0.1) is 6.92 Å². The lowest BCUT2D eigenvalue weighted by molar-refractivity contribution is 0.436. The lowest BCUT2D eigenvalue weighted by Gasteiger charge is -2.14. The van der Waals surface area contributed by atoms with Gasteiger partial charge in [0, 0.05) is 23.1 Å². The van der Waals surface area contributed by atoms with Crippen LogP contribution in [-0.2, 0) is 0 Å². The maximum absolute atomic E-state index is 13.1. The molecule has 6 heteroatoms. The van der Waals surface area contributed by atoms with E-state index < -0.39 is 0 Å². The van der Waals surface area contributed by atoms with Gasteiger partial charge in [0.2, 0.25) is 5.88 Å². The smallest absolute Gasteiger partial charge is 0.265 e. The normalized spacial score (nSPS) is 11.4. The van der Waals surface area contributed by atoms with Crippen molar-refractivity contribution in [2.24, 2.45) is 4.99 Å². The van der Waals surface area contributed by atoms with Crippen molar-refractivity contribution in [1.29, 1.82) is 0 Å². The van der Waals surface area contributed by atoms with Gasteiger partial charge in [-0.15, -0.1) is 0 Å². The van der Waals surface area contributed by atoms with E-state index in [0.29, 0.717) is 32.7 Å². The fourth-order valence-electron chi connectivity index (χ4n) is 3.22. The number of aryl methyl sites for hydroxylation is 1. The number of phenolic OH excluding ortho intramolecular Hbond substituents is 1. The molecule has 144 valence electrons. The molecule has 0 saturated heterocycles. The monoisotopic (exact) mass is 404 g/mol. The van der Waals surface area contributed by atoms with Gasteiger partial charge in [0.1, 0.15) is 5.75 Å². The van der Waals surface area contributed by atoms with Crippen LogP contribution in [0.1, 0.15) is 11.1 Å². The first-order valence-electron chi connectivity index (χ1n) is 8.92. The molecule has 0 aliphatic heterocycles. The molecule has 0 aliphatic rings. The van der Waals surface area contributed by atoms with Crippen LogP contribution in [0.5, 0.6) is 11.6 Å². The molecule has 0 radical (unpaired) electrons. The van der Waals surface area contributed by atoms with Gasteiger partial charge in [-0.2, -0.15) is 0 Å². The molecule has 1 heterocycles. The van der Waals surface area contributed by atoms with E-state index in [1.807, 2.05) is 6.92 Å². The van der Waals surface area contributed by atoms with Crippen LogP contribution in [0.25, 0.3) is 16.5 Å². The summed E-state index contributed by atoms with van der Waals surface area (Å²) in [5.74, 6) is -0.166. The molecule has 0 aliphatic carbocycles. The van der Waals surface area contributed by atoms with Crippen LogP contribution in [0.15, 0.2) is 76.5 Å². The Morgan fingerprint density at radius 1 is 0.966 bits per heavy atom. The highest BCUT2D eigenvalue weighted by molar-refractivity contribution is 6.32. The second-order valence-corrected chi connectivity index (χ2v) is 7.01. The Morgan fingerprint density at radius 3 is 2.41 bits per heavy atom. The fraction of sp³-hybridized carbons (Fsp3) is 0.0435. The van der Waals surface area contributed by atoms with Gasteiger partial charge >= 0.3 is 0 Å². The van der Waals surface area contributed by atoms with Crippen molar-refractivity contribution in [2.75, 3.05) is 0 Å². The number of aromatic nitrogens is 1. The van der Waals surface area contributed by atoms with Crippen molar-refractivity contribution < 1.29 is 10.2 Å². The van der Waals surface area contributed by atoms with Crippen LogP contribution in [0.4, 0.5) is 5.69 Å². The molecular weight excluding hydrogens is 388 g/mol. The van der Waals surface area contributed by atoms with E-state index in [4.69, 9.17) is 11.6 Å². The van der Waals surface area contributed by atoms with Gasteiger partial charge in [0.05, 0.1) is 22.0 Å². The molecule has 29 heavy (non-hydrogen) atoms. The highest BCUT2D eigenvalue weighted by Crippen LogP contribution is 2.30. The first-order chi connectivity index (χ1) is 14.0. The van der Waals surface area contributed by atoms with E-state index in [1.165, 1.54) is 16.8 Å². The van der Waals surface area contributed by atoms with Gasteiger partial charge in [-0.05, 0) is 36.8 Å². The largest absolute Gasteiger partial charge is 0.508 e. The Hall–Kier alpha value is -3.57. The number of benzene rings is 3. The van der Waals surface area contributed by atoms with E-state index in [9.17, 15) is 15.0 Å². The standard InChI is InChI=1S/C23H17ClN2O3/c1-14-10-11-15(27)12-20(14)25-13-18-16-6-2-3-7-17(16)22(28)26(23(18)29)21-9-5-4-8-19(21)24/h2-13,27,29H,1H3. The van der Waals surface area contributed by atoms with Gasteiger partial charge in [-0.3, -0.25) is 9.79 Å². The number of hydrogen-bond donors (Lipinski definition) is 2.